The van der Waals surface area contributed by atoms with Crippen molar-refractivity contribution in [2.45, 2.75) is 19.3 Å². The molecule has 0 radical (unpaired) electrons. The Morgan fingerprint density at radius 2 is 2.06 bits per heavy atom. The van der Waals surface area contributed by atoms with Gasteiger partial charge < -0.3 is 10.6 Å². The molecule has 2 amide bonds. The molecule has 0 unspecified atom stereocenters. The summed E-state index contributed by atoms with van der Waals surface area (Å²) < 4.78 is 1.47. The van der Waals surface area contributed by atoms with Crippen LogP contribution in [0.4, 0.5) is 4.79 Å². The smallest absolute Gasteiger partial charge is 0.329 e. The van der Waals surface area contributed by atoms with Crippen LogP contribution in [0.15, 0.2) is 18.7 Å². The molecule has 17 heavy (non-hydrogen) atoms. The van der Waals surface area contributed by atoms with Crippen LogP contribution in [0.25, 0.3) is 0 Å². The van der Waals surface area contributed by atoms with Crippen molar-refractivity contribution in [1.82, 2.24) is 14.5 Å². The quantitative estimate of drug-likeness (QED) is 0.808. The van der Waals surface area contributed by atoms with Crippen LogP contribution in [0.5, 0.6) is 0 Å². The molecular weight excluding hydrogens is 220 g/mol. The van der Waals surface area contributed by atoms with Crippen LogP contribution in [0, 0.1) is 5.92 Å². The number of likely N-dealkylation sites (tertiary alicyclic amines) is 1. The van der Waals surface area contributed by atoms with Gasteiger partial charge in [-0.25, -0.2) is 9.78 Å². The number of rotatable bonds is 2. The summed E-state index contributed by atoms with van der Waals surface area (Å²) in [6, 6.07) is -0.0555. The Morgan fingerprint density at radius 3 is 2.59 bits per heavy atom. The van der Waals surface area contributed by atoms with Gasteiger partial charge in [0.25, 0.3) is 0 Å². The molecule has 1 fully saturated rings. The van der Waals surface area contributed by atoms with Gasteiger partial charge in [-0.05, 0) is 18.8 Å². The minimum atomic E-state index is -0.260. The van der Waals surface area contributed by atoms with E-state index in [-0.39, 0.29) is 11.9 Å². The molecule has 6 heteroatoms. The second kappa shape index (κ2) is 4.99. The fourth-order valence-corrected chi connectivity index (χ4v) is 2.15. The molecule has 1 aromatic rings. The van der Waals surface area contributed by atoms with Crippen molar-refractivity contribution in [1.29, 1.82) is 0 Å². The Labute approximate surface area is 99.4 Å². The number of carbonyl (C=O) groups excluding carboxylic acids is 2. The summed E-state index contributed by atoms with van der Waals surface area (Å²) in [5, 5.41) is 0. The van der Waals surface area contributed by atoms with E-state index in [0.717, 1.165) is 12.8 Å². The lowest BCUT2D eigenvalue weighted by molar-refractivity contribution is -0.119. The van der Waals surface area contributed by atoms with Crippen molar-refractivity contribution in [2.75, 3.05) is 13.1 Å². The molecule has 92 valence electrons. The van der Waals surface area contributed by atoms with Gasteiger partial charge in [0.15, 0.2) is 0 Å². The van der Waals surface area contributed by atoms with Crippen molar-refractivity contribution in [3.8, 4) is 0 Å². The van der Waals surface area contributed by atoms with Crippen molar-refractivity contribution >= 4 is 11.9 Å². The largest absolute Gasteiger partial charge is 0.370 e. The minimum Gasteiger partial charge on any atom is -0.370 e. The van der Waals surface area contributed by atoms with E-state index in [9.17, 15) is 9.59 Å². The fraction of sp³-hybridized carbons (Fsp3) is 0.545. The Kier molecular flexibility index (Phi) is 3.41. The van der Waals surface area contributed by atoms with E-state index in [1.807, 2.05) is 0 Å². The van der Waals surface area contributed by atoms with Crippen LogP contribution in [0.2, 0.25) is 0 Å². The molecule has 1 aromatic heterocycles. The van der Waals surface area contributed by atoms with Gasteiger partial charge in [-0.15, -0.1) is 0 Å². The second-order valence-corrected chi connectivity index (χ2v) is 4.35. The minimum absolute atomic E-state index is 0.0555. The number of hydrogen-bond acceptors (Lipinski definition) is 3. The van der Waals surface area contributed by atoms with Gasteiger partial charge in [0, 0.05) is 31.9 Å². The lowest BCUT2D eigenvalue weighted by atomic mass is 9.93. The summed E-state index contributed by atoms with van der Waals surface area (Å²) in [7, 11) is 0. The fourth-order valence-electron chi connectivity index (χ4n) is 2.15. The average Bonchev–Trinajstić information content (AvgIpc) is 2.82. The molecule has 0 aliphatic carbocycles. The van der Waals surface area contributed by atoms with Crippen molar-refractivity contribution in [3.05, 3.63) is 18.7 Å². The van der Waals surface area contributed by atoms with Crippen LogP contribution in [-0.2, 0) is 4.79 Å². The first-order valence-electron chi connectivity index (χ1n) is 5.72. The van der Waals surface area contributed by atoms with Crippen LogP contribution in [0.1, 0.15) is 19.3 Å². The van der Waals surface area contributed by atoms with E-state index in [2.05, 4.69) is 4.98 Å². The van der Waals surface area contributed by atoms with E-state index in [4.69, 9.17) is 5.73 Å². The standard InChI is InChI=1S/C11H16N4O2/c12-10(16)7-9-1-4-14(5-2-9)11(17)15-6-3-13-8-15/h3,6,8-9H,1-2,4-5,7H2,(H2,12,16). The molecule has 2 rings (SSSR count). The third-order valence-corrected chi connectivity index (χ3v) is 3.10. The lowest BCUT2D eigenvalue weighted by Gasteiger charge is -2.31. The molecule has 0 atom stereocenters. The molecule has 2 N–H and O–H groups in total. The number of hydrogen-bond donors (Lipinski definition) is 1. The third kappa shape index (κ3) is 2.83. The summed E-state index contributed by atoms with van der Waals surface area (Å²) in [6.45, 7) is 1.35. The molecule has 1 aliphatic rings. The molecule has 1 saturated heterocycles. The molecule has 2 heterocycles. The van der Waals surface area contributed by atoms with E-state index >= 15 is 0 Å². The highest BCUT2D eigenvalue weighted by molar-refractivity contribution is 5.77. The normalized spacial score (nSPS) is 17.1. The number of primary amides is 1. The lowest BCUT2D eigenvalue weighted by Crippen LogP contribution is -2.41. The highest BCUT2D eigenvalue weighted by atomic mass is 16.2. The van der Waals surface area contributed by atoms with Crippen LogP contribution < -0.4 is 5.73 Å². The van der Waals surface area contributed by atoms with Gasteiger partial charge >= 0.3 is 6.03 Å². The molecule has 1 aliphatic heterocycles. The zero-order valence-electron chi connectivity index (χ0n) is 9.58. The first-order chi connectivity index (χ1) is 8.16. The van der Waals surface area contributed by atoms with Crippen molar-refractivity contribution in [2.24, 2.45) is 11.7 Å². The number of nitrogens with zero attached hydrogens (tertiary/aromatic N) is 3. The van der Waals surface area contributed by atoms with E-state index in [1.165, 1.54) is 10.9 Å². The van der Waals surface area contributed by atoms with E-state index < -0.39 is 0 Å². The second-order valence-electron chi connectivity index (χ2n) is 4.35. The van der Waals surface area contributed by atoms with E-state index in [0.29, 0.717) is 25.4 Å². The monoisotopic (exact) mass is 236 g/mol. The van der Waals surface area contributed by atoms with E-state index in [1.54, 1.807) is 17.3 Å². The summed E-state index contributed by atoms with van der Waals surface area (Å²) in [5.41, 5.74) is 5.16. The molecule has 0 saturated carbocycles. The Morgan fingerprint density at radius 1 is 1.35 bits per heavy atom. The van der Waals surface area contributed by atoms with Gasteiger partial charge in [0.05, 0.1) is 0 Å². The van der Waals surface area contributed by atoms with Crippen LogP contribution in [-0.4, -0.2) is 39.5 Å². The first-order valence-corrected chi connectivity index (χ1v) is 5.72. The summed E-state index contributed by atoms with van der Waals surface area (Å²) in [5.74, 6) is 0.0590. The van der Waals surface area contributed by atoms with Crippen LogP contribution in [0.3, 0.4) is 0 Å². The number of piperidine rings is 1. The molecule has 0 bridgehead atoms. The Balaban J connectivity index is 1.87. The maximum Gasteiger partial charge on any atom is 0.329 e. The average molecular weight is 236 g/mol. The molecule has 6 nitrogen and oxygen atoms in total. The first kappa shape index (κ1) is 11.6. The van der Waals surface area contributed by atoms with Crippen LogP contribution >= 0.6 is 0 Å². The molecule has 0 aromatic carbocycles. The number of nitrogens with two attached hydrogens (primary N) is 1. The van der Waals surface area contributed by atoms with Gasteiger partial charge in [-0.2, -0.15) is 0 Å². The maximum atomic E-state index is 11.9. The van der Waals surface area contributed by atoms with Gasteiger partial charge in [-0.1, -0.05) is 0 Å². The van der Waals surface area contributed by atoms with Crippen molar-refractivity contribution in [3.63, 3.8) is 0 Å². The summed E-state index contributed by atoms with van der Waals surface area (Å²) in [6.07, 6.45) is 6.81. The zero-order valence-corrected chi connectivity index (χ0v) is 9.58. The van der Waals surface area contributed by atoms with Gasteiger partial charge in [-0.3, -0.25) is 9.36 Å². The topological polar surface area (TPSA) is 81.2 Å². The van der Waals surface area contributed by atoms with Gasteiger partial charge in [0.2, 0.25) is 5.91 Å². The molecular formula is C11H16N4O2. The van der Waals surface area contributed by atoms with Crippen molar-refractivity contribution < 1.29 is 9.59 Å². The summed E-state index contributed by atoms with van der Waals surface area (Å²) in [4.78, 5) is 28.4. The van der Waals surface area contributed by atoms with Gasteiger partial charge in [0.1, 0.15) is 6.33 Å². The third-order valence-electron chi connectivity index (χ3n) is 3.10. The highest BCUT2D eigenvalue weighted by Gasteiger charge is 2.24. The number of aromatic nitrogens is 2. The Hall–Kier alpha value is -1.85. The zero-order chi connectivity index (χ0) is 12.3. The predicted octanol–water partition coefficient (Wildman–Crippen LogP) is 0.439. The summed E-state index contributed by atoms with van der Waals surface area (Å²) >= 11 is 0. The highest BCUT2D eigenvalue weighted by Crippen LogP contribution is 2.20. The Bertz CT molecular complexity index is 394. The number of amides is 2. The molecule has 0 spiro atoms. The SMILES string of the molecule is NC(=O)CC1CCN(C(=O)n2ccnc2)CC1. The number of carbonyl (C=O) groups is 2. The predicted molar refractivity (Wildman–Crippen MR) is 61.1 cm³/mol. The maximum absolute atomic E-state index is 11.9. The number of imidazole rings is 1.